The Labute approximate surface area is 209 Å². The first-order valence-electron chi connectivity index (χ1n) is 11.4. The highest BCUT2D eigenvalue weighted by atomic mass is 16.5. The summed E-state index contributed by atoms with van der Waals surface area (Å²) in [5.41, 5.74) is 2.32. The molecule has 2 aromatic carbocycles. The lowest BCUT2D eigenvalue weighted by atomic mass is 10.1. The molecule has 0 N–H and O–H groups in total. The number of ketones is 2. The molecular formula is C30H24N2O4. The molecule has 2 heterocycles. The molecule has 0 aliphatic carbocycles. The minimum absolute atomic E-state index is 0.181. The number of benzene rings is 2. The predicted octanol–water partition coefficient (Wildman–Crippen LogP) is 5.73. The van der Waals surface area contributed by atoms with E-state index in [1.807, 2.05) is 48.5 Å². The van der Waals surface area contributed by atoms with Crippen LogP contribution in [0.3, 0.4) is 0 Å². The molecular weight excluding hydrogens is 452 g/mol. The van der Waals surface area contributed by atoms with Crippen LogP contribution in [-0.2, 0) is 0 Å². The van der Waals surface area contributed by atoms with Crippen molar-refractivity contribution in [1.82, 2.24) is 9.97 Å². The van der Waals surface area contributed by atoms with E-state index in [0.717, 1.165) is 11.1 Å². The van der Waals surface area contributed by atoms with Crippen LogP contribution in [-0.4, -0.2) is 34.7 Å². The maximum Gasteiger partial charge on any atom is 0.204 e. The molecule has 0 unspecified atom stereocenters. The number of nitrogens with zero attached hydrogens (tertiary/aromatic N) is 2. The van der Waals surface area contributed by atoms with Crippen molar-refractivity contribution >= 4 is 23.7 Å². The number of ether oxygens (including phenoxy) is 2. The van der Waals surface area contributed by atoms with Crippen molar-refractivity contribution in [2.45, 2.75) is 0 Å². The third-order valence-corrected chi connectivity index (χ3v) is 5.10. The molecule has 0 spiro atoms. The van der Waals surface area contributed by atoms with Gasteiger partial charge in [0.1, 0.15) is 36.1 Å². The van der Waals surface area contributed by atoms with Crippen LogP contribution in [0.25, 0.3) is 12.2 Å². The van der Waals surface area contributed by atoms with Crippen molar-refractivity contribution < 1.29 is 19.1 Å². The number of allylic oxidation sites excluding steroid dienone is 2. The lowest BCUT2D eigenvalue weighted by Crippen LogP contribution is -2.10. The number of carbonyl (C=O) groups is 2. The van der Waals surface area contributed by atoms with Crippen LogP contribution in [0.15, 0.2) is 109 Å². The molecule has 0 radical (unpaired) electrons. The maximum absolute atomic E-state index is 12.3. The fraction of sp³-hybridized carbons (Fsp3) is 0.0667. The largest absolute Gasteiger partial charge is 0.489 e. The Morgan fingerprint density at radius 2 is 1.00 bits per heavy atom. The summed E-state index contributed by atoms with van der Waals surface area (Å²) in [6, 6.07) is 25.3. The molecule has 6 nitrogen and oxygen atoms in total. The van der Waals surface area contributed by atoms with Crippen molar-refractivity contribution in [2.24, 2.45) is 0 Å². The molecule has 0 saturated heterocycles. The summed E-state index contributed by atoms with van der Waals surface area (Å²) in [7, 11) is 0. The SMILES string of the molecule is O=C(C=Cc1ccccc1OCCOc1ccccc1C=CC(=O)c1ccccn1)c1ccccn1. The van der Waals surface area contributed by atoms with Gasteiger partial charge in [-0.2, -0.15) is 0 Å². The van der Waals surface area contributed by atoms with Gasteiger partial charge in [-0.3, -0.25) is 19.6 Å². The third kappa shape index (κ3) is 6.84. The Balaban J connectivity index is 1.34. The van der Waals surface area contributed by atoms with E-state index in [2.05, 4.69) is 9.97 Å². The summed E-state index contributed by atoms with van der Waals surface area (Å²) in [4.78, 5) is 32.8. The maximum atomic E-state index is 12.3. The number of carbonyl (C=O) groups excluding carboxylic acids is 2. The summed E-state index contributed by atoms with van der Waals surface area (Å²) in [5, 5.41) is 0. The van der Waals surface area contributed by atoms with Crippen molar-refractivity contribution in [2.75, 3.05) is 13.2 Å². The first-order valence-corrected chi connectivity index (χ1v) is 11.4. The molecule has 0 aliphatic heterocycles. The molecule has 0 atom stereocenters. The fourth-order valence-corrected chi connectivity index (χ4v) is 3.32. The van der Waals surface area contributed by atoms with Crippen molar-refractivity contribution in [1.29, 1.82) is 0 Å². The number of hydrogen-bond acceptors (Lipinski definition) is 6. The third-order valence-electron chi connectivity index (χ3n) is 5.10. The van der Waals surface area contributed by atoms with E-state index < -0.39 is 0 Å². The van der Waals surface area contributed by atoms with Gasteiger partial charge in [0.05, 0.1) is 0 Å². The second kappa shape index (κ2) is 12.6. The average molecular weight is 477 g/mol. The van der Waals surface area contributed by atoms with Gasteiger partial charge in [-0.05, 0) is 60.7 Å². The van der Waals surface area contributed by atoms with Crippen LogP contribution in [0.1, 0.15) is 32.1 Å². The van der Waals surface area contributed by atoms with Crippen molar-refractivity contribution in [3.8, 4) is 11.5 Å². The second-order valence-corrected chi connectivity index (χ2v) is 7.60. The van der Waals surface area contributed by atoms with Crippen LogP contribution < -0.4 is 9.47 Å². The first kappa shape index (κ1) is 24.3. The molecule has 4 rings (SSSR count). The van der Waals surface area contributed by atoms with Gasteiger partial charge in [-0.15, -0.1) is 0 Å². The van der Waals surface area contributed by atoms with E-state index in [9.17, 15) is 9.59 Å². The number of aromatic nitrogens is 2. The van der Waals surface area contributed by atoms with Gasteiger partial charge in [-0.1, -0.05) is 48.5 Å². The number of hydrogen-bond donors (Lipinski definition) is 0. The predicted molar refractivity (Wildman–Crippen MR) is 139 cm³/mol. The fourth-order valence-electron chi connectivity index (χ4n) is 3.32. The van der Waals surface area contributed by atoms with Gasteiger partial charge in [-0.25, -0.2) is 0 Å². The number of pyridine rings is 2. The van der Waals surface area contributed by atoms with Gasteiger partial charge < -0.3 is 9.47 Å². The summed E-state index contributed by atoms with van der Waals surface area (Å²) < 4.78 is 11.8. The van der Waals surface area contributed by atoms with Gasteiger partial charge in [0, 0.05) is 23.5 Å². The highest BCUT2D eigenvalue weighted by Crippen LogP contribution is 2.22. The van der Waals surface area contributed by atoms with Crippen LogP contribution >= 0.6 is 0 Å². The number of rotatable bonds is 11. The molecule has 0 aliphatic rings. The number of para-hydroxylation sites is 2. The Hall–Kier alpha value is -4.84. The summed E-state index contributed by atoms with van der Waals surface area (Å²) in [6.45, 7) is 0.591. The monoisotopic (exact) mass is 476 g/mol. The molecule has 36 heavy (non-hydrogen) atoms. The second-order valence-electron chi connectivity index (χ2n) is 7.60. The molecule has 4 aromatic rings. The van der Waals surface area contributed by atoms with Crippen molar-refractivity contribution in [3.63, 3.8) is 0 Å². The average Bonchev–Trinajstić information content (AvgIpc) is 2.94. The summed E-state index contributed by atoms with van der Waals surface area (Å²) in [6.07, 6.45) is 9.57. The lowest BCUT2D eigenvalue weighted by molar-refractivity contribution is 0.103. The van der Waals surface area contributed by atoms with Crippen LogP contribution in [0, 0.1) is 0 Å². The quantitative estimate of drug-likeness (QED) is 0.156. The molecule has 0 saturated carbocycles. The van der Waals surface area contributed by atoms with E-state index in [1.165, 1.54) is 12.2 Å². The minimum atomic E-state index is -0.181. The zero-order chi connectivity index (χ0) is 25.0. The Bertz CT molecular complexity index is 1260. The smallest absolute Gasteiger partial charge is 0.204 e. The summed E-state index contributed by atoms with van der Waals surface area (Å²) >= 11 is 0. The first-order chi connectivity index (χ1) is 17.7. The topological polar surface area (TPSA) is 78.4 Å². The van der Waals surface area contributed by atoms with Gasteiger partial charge in [0.15, 0.2) is 0 Å². The summed E-state index contributed by atoms with van der Waals surface area (Å²) in [5.74, 6) is 0.917. The van der Waals surface area contributed by atoms with E-state index in [-0.39, 0.29) is 11.6 Å². The van der Waals surface area contributed by atoms with Gasteiger partial charge >= 0.3 is 0 Å². The molecule has 2 aromatic heterocycles. The highest BCUT2D eigenvalue weighted by molar-refractivity contribution is 6.06. The Morgan fingerprint density at radius 3 is 1.42 bits per heavy atom. The van der Waals surface area contributed by atoms with E-state index in [4.69, 9.17) is 9.47 Å². The molecule has 178 valence electrons. The van der Waals surface area contributed by atoms with Gasteiger partial charge in [0.25, 0.3) is 0 Å². The van der Waals surface area contributed by atoms with Gasteiger partial charge in [0.2, 0.25) is 11.6 Å². The standard InChI is InChI=1S/C30H24N2O4/c33-27(25-11-5-7-19-31-25)17-15-23-9-1-3-13-29(23)35-21-22-36-30-14-4-2-10-24(30)16-18-28(34)26-12-6-8-20-32-26/h1-20H,21-22H2. The van der Waals surface area contributed by atoms with E-state index in [1.54, 1.807) is 60.9 Å². The van der Waals surface area contributed by atoms with E-state index in [0.29, 0.717) is 36.1 Å². The molecule has 0 fully saturated rings. The normalized spacial score (nSPS) is 11.0. The minimum Gasteiger partial charge on any atom is -0.489 e. The molecule has 0 bridgehead atoms. The highest BCUT2D eigenvalue weighted by Gasteiger charge is 2.06. The molecule has 6 heteroatoms. The molecule has 0 amide bonds. The zero-order valence-corrected chi connectivity index (χ0v) is 19.5. The zero-order valence-electron chi connectivity index (χ0n) is 19.5. The van der Waals surface area contributed by atoms with Crippen LogP contribution in [0.5, 0.6) is 11.5 Å². The van der Waals surface area contributed by atoms with Crippen LogP contribution in [0.4, 0.5) is 0 Å². The van der Waals surface area contributed by atoms with Crippen LogP contribution in [0.2, 0.25) is 0 Å². The Morgan fingerprint density at radius 1 is 0.583 bits per heavy atom. The Kier molecular flexibility index (Phi) is 8.48. The van der Waals surface area contributed by atoms with E-state index >= 15 is 0 Å². The lowest BCUT2D eigenvalue weighted by Gasteiger charge is -2.12. The van der Waals surface area contributed by atoms with Crippen molar-refractivity contribution in [3.05, 3.63) is 132 Å².